The molecule has 0 amide bonds. The number of nitrogens with one attached hydrogen (secondary N) is 1. The minimum atomic E-state index is -0.426. The van der Waals surface area contributed by atoms with Crippen molar-refractivity contribution in [3.8, 4) is 0 Å². The summed E-state index contributed by atoms with van der Waals surface area (Å²) in [5, 5.41) is 3.35. The topological polar surface area (TPSA) is 44.8 Å². The highest BCUT2D eigenvalue weighted by Gasteiger charge is 2.32. The van der Waals surface area contributed by atoms with Gasteiger partial charge in [0.05, 0.1) is 5.41 Å². The van der Waals surface area contributed by atoms with E-state index in [9.17, 15) is 4.79 Å². The number of piperidine rings is 1. The third-order valence-electron chi connectivity index (χ3n) is 4.90. The van der Waals surface area contributed by atoms with Gasteiger partial charge in [0, 0.05) is 25.6 Å². The van der Waals surface area contributed by atoms with Crippen molar-refractivity contribution in [2.45, 2.75) is 52.3 Å². The van der Waals surface area contributed by atoms with Gasteiger partial charge in [0.1, 0.15) is 0 Å². The lowest BCUT2D eigenvalue weighted by atomic mass is 9.97. The number of rotatable bonds is 4. The van der Waals surface area contributed by atoms with Crippen LogP contribution in [0.1, 0.15) is 40.0 Å². The quantitative estimate of drug-likeness (QED) is 0.798. The van der Waals surface area contributed by atoms with Gasteiger partial charge in [-0.15, -0.1) is 0 Å². The summed E-state index contributed by atoms with van der Waals surface area (Å²) in [5.41, 5.74) is -0.426. The predicted octanol–water partition coefficient (Wildman–Crippen LogP) is 1.54. The van der Waals surface area contributed by atoms with Crippen molar-refractivity contribution >= 4 is 5.97 Å². The van der Waals surface area contributed by atoms with Crippen molar-refractivity contribution in [3.05, 3.63) is 0 Å². The molecule has 2 saturated heterocycles. The summed E-state index contributed by atoms with van der Waals surface area (Å²) in [5.74, 6) is 0.455. The van der Waals surface area contributed by atoms with E-state index in [0.717, 1.165) is 19.5 Å². The van der Waals surface area contributed by atoms with Gasteiger partial charge < -0.3 is 14.5 Å². The second-order valence-corrected chi connectivity index (χ2v) is 8.13. The van der Waals surface area contributed by atoms with E-state index in [1.165, 1.54) is 25.9 Å². The van der Waals surface area contributed by atoms with Crippen LogP contribution in [0.15, 0.2) is 0 Å². The molecule has 0 saturated carbocycles. The zero-order valence-corrected chi connectivity index (χ0v) is 14.9. The number of hydrogen-bond acceptors (Lipinski definition) is 5. The average Bonchev–Trinajstić information content (AvgIpc) is 2.85. The Hall–Kier alpha value is -0.650. The molecule has 0 aliphatic carbocycles. The molecule has 2 heterocycles. The summed E-state index contributed by atoms with van der Waals surface area (Å²) in [7, 11) is 4.44. The highest BCUT2D eigenvalue weighted by molar-refractivity contribution is 5.75. The van der Waals surface area contributed by atoms with Gasteiger partial charge in [-0.05, 0) is 66.7 Å². The summed E-state index contributed by atoms with van der Waals surface area (Å²) in [4.78, 5) is 16.9. The van der Waals surface area contributed by atoms with E-state index in [0.29, 0.717) is 12.0 Å². The zero-order chi connectivity index (χ0) is 16.3. The molecular weight excluding hydrogens is 278 g/mol. The van der Waals surface area contributed by atoms with Crippen LogP contribution in [0.2, 0.25) is 0 Å². The van der Waals surface area contributed by atoms with E-state index < -0.39 is 5.41 Å². The van der Waals surface area contributed by atoms with Crippen LogP contribution in [-0.2, 0) is 9.53 Å². The van der Waals surface area contributed by atoms with Gasteiger partial charge in [-0.2, -0.15) is 0 Å². The molecule has 5 heteroatoms. The van der Waals surface area contributed by atoms with Gasteiger partial charge >= 0.3 is 5.97 Å². The second-order valence-electron chi connectivity index (χ2n) is 8.13. The third kappa shape index (κ3) is 4.93. The largest absolute Gasteiger partial charge is 0.446 e. The highest BCUT2D eigenvalue weighted by Crippen LogP contribution is 2.23. The lowest BCUT2D eigenvalue weighted by molar-refractivity contribution is -0.159. The van der Waals surface area contributed by atoms with Crippen molar-refractivity contribution in [2.75, 3.05) is 40.3 Å². The molecule has 0 bridgehead atoms. The Morgan fingerprint density at radius 3 is 2.55 bits per heavy atom. The number of ether oxygens (including phenoxy) is 1. The van der Waals surface area contributed by atoms with E-state index in [4.69, 9.17) is 4.74 Å². The molecule has 0 aromatic rings. The van der Waals surface area contributed by atoms with Gasteiger partial charge in [-0.3, -0.25) is 10.1 Å². The van der Waals surface area contributed by atoms with Crippen LogP contribution in [0.4, 0.5) is 0 Å². The minimum absolute atomic E-state index is 0.109. The van der Waals surface area contributed by atoms with Crippen LogP contribution in [0.25, 0.3) is 0 Å². The van der Waals surface area contributed by atoms with Gasteiger partial charge in [0.25, 0.3) is 0 Å². The lowest BCUT2D eigenvalue weighted by Crippen LogP contribution is -2.43. The standard InChI is InChI=1S/C17H33N3O2/c1-17(2,3)16(21)22-15-10-13(11-18-15)12-20(5)14-6-8-19(4)9-7-14/h13-15,18H,6-12H2,1-5H3/t13-,15?/m1/s1. The number of hydrogen-bond donors (Lipinski definition) is 1. The molecule has 2 fully saturated rings. The number of nitrogens with zero attached hydrogens (tertiary/aromatic N) is 2. The first-order chi connectivity index (χ1) is 10.3. The van der Waals surface area contributed by atoms with Gasteiger partial charge in [0.15, 0.2) is 6.23 Å². The summed E-state index contributed by atoms with van der Waals surface area (Å²) in [6.07, 6.45) is 3.34. The predicted molar refractivity (Wildman–Crippen MR) is 88.6 cm³/mol. The fraction of sp³-hybridized carbons (Fsp3) is 0.941. The van der Waals surface area contributed by atoms with Crippen LogP contribution < -0.4 is 5.32 Å². The molecule has 0 aromatic carbocycles. The third-order valence-corrected chi connectivity index (χ3v) is 4.90. The molecule has 5 nitrogen and oxygen atoms in total. The van der Waals surface area contributed by atoms with E-state index in [2.05, 4.69) is 29.2 Å². The average molecular weight is 311 g/mol. The smallest absolute Gasteiger partial charge is 0.312 e. The molecule has 1 N–H and O–H groups in total. The van der Waals surface area contributed by atoms with Crippen molar-refractivity contribution in [1.29, 1.82) is 0 Å². The summed E-state index contributed by atoms with van der Waals surface area (Å²) in [6, 6.07) is 0.701. The maximum absolute atomic E-state index is 12.0. The van der Waals surface area contributed by atoms with Crippen LogP contribution in [-0.4, -0.2) is 68.3 Å². The molecule has 0 aromatic heterocycles. The summed E-state index contributed by atoms with van der Waals surface area (Å²) < 4.78 is 5.57. The maximum Gasteiger partial charge on any atom is 0.312 e. The molecule has 2 aliphatic heterocycles. The van der Waals surface area contributed by atoms with Crippen molar-refractivity contribution in [3.63, 3.8) is 0 Å². The lowest BCUT2D eigenvalue weighted by Gasteiger charge is -2.36. The van der Waals surface area contributed by atoms with Gasteiger partial charge in [-0.25, -0.2) is 0 Å². The maximum atomic E-state index is 12.0. The van der Waals surface area contributed by atoms with Gasteiger partial charge in [0.2, 0.25) is 0 Å². The Kier molecular flexibility index (Phi) is 5.86. The number of carbonyl (C=O) groups is 1. The van der Waals surface area contributed by atoms with Crippen molar-refractivity contribution < 1.29 is 9.53 Å². The molecule has 2 rings (SSSR count). The highest BCUT2D eigenvalue weighted by atomic mass is 16.6. The molecule has 1 unspecified atom stereocenters. The molecule has 2 aliphatic rings. The monoisotopic (exact) mass is 311 g/mol. The normalized spacial score (nSPS) is 28.3. The van der Waals surface area contributed by atoms with Crippen molar-refractivity contribution in [2.24, 2.45) is 11.3 Å². The molecule has 0 radical (unpaired) electrons. The van der Waals surface area contributed by atoms with E-state index in [1.807, 2.05) is 20.8 Å². The Morgan fingerprint density at radius 1 is 1.32 bits per heavy atom. The Balaban J connectivity index is 1.73. The Morgan fingerprint density at radius 2 is 1.95 bits per heavy atom. The van der Waals surface area contributed by atoms with Crippen LogP contribution in [0, 0.1) is 11.3 Å². The van der Waals surface area contributed by atoms with E-state index >= 15 is 0 Å². The second kappa shape index (κ2) is 7.28. The molecule has 2 atom stereocenters. The molecule has 0 spiro atoms. The minimum Gasteiger partial charge on any atom is -0.446 e. The zero-order valence-electron chi connectivity index (χ0n) is 14.9. The number of carbonyl (C=O) groups excluding carboxylic acids is 1. The summed E-state index contributed by atoms with van der Waals surface area (Å²) in [6.45, 7) is 10.1. The van der Waals surface area contributed by atoms with Crippen LogP contribution >= 0.6 is 0 Å². The molecule has 128 valence electrons. The number of likely N-dealkylation sites (tertiary alicyclic amines) is 1. The first kappa shape index (κ1) is 17.7. The van der Waals surface area contributed by atoms with Crippen LogP contribution in [0.3, 0.4) is 0 Å². The molecular formula is C17H33N3O2. The van der Waals surface area contributed by atoms with Crippen LogP contribution in [0.5, 0.6) is 0 Å². The SMILES string of the molecule is CN1CCC(N(C)C[C@H]2CNC(OC(=O)C(C)(C)C)C2)CC1. The van der Waals surface area contributed by atoms with E-state index in [1.54, 1.807) is 0 Å². The van der Waals surface area contributed by atoms with Gasteiger partial charge in [-0.1, -0.05) is 0 Å². The molecule has 22 heavy (non-hydrogen) atoms. The summed E-state index contributed by atoms with van der Waals surface area (Å²) >= 11 is 0. The first-order valence-electron chi connectivity index (χ1n) is 8.59. The van der Waals surface area contributed by atoms with Crippen molar-refractivity contribution in [1.82, 2.24) is 15.1 Å². The fourth-order valence-electron chi connectivity index (χ4n) is 3.29. The Labute approximate surface area is 135 Å². The van der Waals surface area contributed by atoms with E-state index in [-0.39, 0.29) is 12.2 Å². The fourth-order valence-corrected chi connectivity index (χ4v) is 3.29. The first-order valence-corrected chi connectivity index (χ1v) is 8.59. The number of esters is 1. The Bertz CT molecular complexity index is 373.